The van der Waals surface area contributed by atoms with Gasteiger partial charge in [-0.25, -0.2) is 0 Å². The third-order valence-corrected chi connectivity index (χ3v) is 3.99. The normalized spacial score (nSPS) is 27.1. The molecule has 18 heavy (non-hydrogen) atoms. The van der Waals surface area contributed by atoms with Gasteiger partial charge in [0.1, 0.15) is 0 Å². The van der Waals surface area contributed by atoms with Gasteiger partial charge in [0.25, 0.3) is 0 Å². The Bertz CT molecular complexity index is 349. The summed E-state index contributed by atoms with van der Waals surface area (Å²) in [6, 6.07) is 12.0. The lowest BCUT2D eigenvalue weighted by Gasteiger charge is -2.37. The van der Waals surface area contributed by atoms with E-state index in [9.17, 15) is 0 Å². The first-order chi connectivity index (χ1) is 8.65. The number of hydrogen-bond acceptors (Lipinski definition) is 2. The molecule has 1 aromatic carbocycles. The van der Waals surface area contributed by atoms with Crippen LogP contribution >= 0.6 is 0 Å². The van der Waals surface area contributed by atoms with E-state index in [-0.39, 0.29) is 0 Å². The molecule has 1 N–H and O–H groups in total. The van der Waals surface area contributed by atoms with Crippen molar-refractivity contribution in [2.75, 3.05) is 20.1 Å². The predicted octanol–water partition coefficient (Wildman–Crippen LogP) is 2.55. The fourth-order valence-electron chi connectivity index (χ4n) is 2.99. The molecule has 100 valence electrons. The molecule has 0 saturated carbocycles. The molecule has 0 amide bonds. The van der Waals surface area contributed by atoms with Crippen LogP contribution < -0.4 is 5.32 Å². The molecule has 0 aliphatic carbocycles. The second kappa shape index (κ2) is 6.35. The van der Waals surface area contributed by atoms with Gasteiger partial charge in [-0.15, -0.1) is 0 Å². The summed E-state index contributed by atoms with van der Waals surface area (Å²) in [5.41, 5.74) is 1.43. The third kappa shape index (κ3) is 3.82. The molecule has 1 aliphatic heterocycles. The minimum Gasteiger partial charge on any atom is -0.311 e. The van der Waals surface area contributed by atoms with Gasteiger partial charge in [-0.05, 0) is 44.8 Å². The van der Waals surface area contributed by atoms with Crippen molar-refractivity contribution in [1.82, 2.24) is 10.2 Å². The molecule has 2 rings (SSSR count). The fraction of sp³-hybridized carbons (Fsp3) is 0.625. The number of benzene rings is 1. The molecule has 1 heterocycles. The smallest absolute Gasteiger partial charge is 0.0120 e. The van der Waals surface area contributed by atoms with Crippen molar-refractivity contribution in [3.05, 3.63) is 35.9 Å². The van der Waals surface area contributed by atoms with Crippen LogP contribution in [-0.2, 0) is 6.42 Å². The van der Waals surface area contributed by atoms with Gasteiger partial charge in [0.2, 0.25) is 0 Å². The highest BCUT2D eigenvalue weighted by atomic mass is 15.1. The maximum Gasteiger partial charge on any atom is 0.0120 e. The molecule has 3 unspecified atom stereocenters. The average molecular weight is 246 g/mol. The summed E-state index contributed by atoms with van der Waals surface area (Å²) in [6.45, 7) is 7.11. The highest BCUT2D eigenvalue weighted by Crippen LogP contribution is 2.16. The topological polar surface area (TPSA) is 15.3 Å². The van der Waals surface area contributed by atoms with E-state index in [1.807, 2.05) is 0 Å². The number of nitrogens with one attached hydrogen (secondary N) is 1. The van der Waals surface area contributed by atoms with E-state index in [4.69, 9.17) is 0 Å². The quantitative estimate of drug-likeness (QED) is 0.878. The van der Waals surface area contributed by atoms with Crippen LogP contribution in [0, 0.1) is 5.92 Å². The largest absolute Gasteiger partial charge is 0.311 e. The SMILES string of the molecule is CC(Cc1ccccc1)NC1CCN(C)CC1C. The van der Waals surface area contributed by atoms with Gasteiger partial charge in [-0.2, -0.15) is 0 Å². The number of hydrogen-bond donors (Lipinski definition) is 1. The standard InChI is InChI=1S/C16H26N2/c1-13-12-18(3)10-9-16(13)17-14(2)11-15-7-5-4-6-8-15/h4-8,13-14,16-17H,9-12H2,1-3H3. The Balaban J connectivity index is 1.82. The number of rotatable bonds is 4. The molecule has 0 spiro atoms. The predicted molar refractivity (Wildman–Crippen MR) is 77.8 cm³/mol. The Morgan fingerprint density at radius 3 is 2.72 bits per heavy atom. The summed E-state index contributed by atoms with van der Waals surface area (Å²) in [5, 5.41) is 3.81. The lowest BCUT2D eigenvalue weighted by Crippen LogP contribution is -2.50. The van der Waals surface area contributed by atoms with Crippen molar-refractivity contribution < 1.29 is 0 Å². The summed E-state index contributed by atoms with van der Waals surface area (Å²) in [7, 11) is 2.22. The monoisotopic (exact) mass is 246 g/mol. The Morgan fingerprint density at radius 2 is 2.06 bits per heavy atom. The Labute approximate surface area is 111 Å². The zero-order valence-electron chi connectivity index (χ0n) is 11.9. The minimum absolute atomic E-state index is 0.559. The van der Waals surface area contributed by atoms with Gasteiger partial charge in [0, 0.05) is 18.6 Å². The molecular weight excluding hydrogens is 220 g/mol. The molecule has 3 atom stereocenters. The van der Waals surface area contributed by atoms with Crippen LogP contribution in [-0.4, -0.2) is 37.1 Å². The van der Waals surface area contributed by atoms with Gasteiger partial charge in [-0.3, -0.25) is 0 Å². The molecule has 0 bridgehead atoms. The van der Waals surface area contributed by atoms with E-state index in [1.165, 1.54) is 25.1 Å². The Morgan fingerprint density at radius 1 is 1.33 bits per heavy atom. The van der Waals surface area contributed by atoms with Gasteiger partial charge < -0.3 is 10.2 Å². The van der Waals surface area contributed by atoms with Crippen LogP contribution in [0.3, 0.4) is 0 Å². The Kier molecular flexibility index (Phi) is 4.79. The highest BCUT2D eigenvalue weighted by molar-refractivity contribution is 5.15. The van der Waals surface area contributed by atoms with Gasteiger partial charge >= 0.3 is 0 Å². The van der Waals surface area contributed by atoms with E-state index in [0.29, 0.717) is 12.1 Å². The molecule has 0 aromatic heterocycles. The van der Waals surface area contributed by atoms with Crippen LogP contribution in [0.5, 0.6) is 0 Å². The summed E-state index contributed by atoms with van der Waals surface area (Å²) in [5.74, 6) is 0.752. The van der Waals surface area contributed by atoms with Crippen molar-refractivity contribution in [2.24, 2.45) is 5.92 Å². The van der Waals surface area contributed by atoms with Crippen LogP contribution in [0.25, 0.3) is 0 Å². The number of nitrogens with zero attached hydrogens (tertiary/aromatic N) is 1. The van der Waals surface area contributed by atoms with E-state index < -0.39 is 0 Å². The molecule has 2 nitrogen and oxygen atoms in total. The van der Waals surface area contributed by atoms with E-state index in [0.717, 1.165) is 12.3 Å². The van der Waals surface area contributed by atoms with Gasteiger partial charge in [-0.1, -0.05) is 37.3 Å². The lowest BCUT2D eigenvalue weighted by atomic mass is 9.93. The number of piperidine rings is 1. The van der Waals surface area contributed by atoms with Crippen LogP contribution in [0.4, 0.5) is 0 Å². The van der Waals surface area contributed by atoms with Crippen molar-refractivity contribution in [3.63, 3.8) is 0 Å². The lowest BCUT2D eigenvalue weighted by molar-refractivity contribution is 0.167. The molecule has 0 radical (unpaired) electrons. The molecule has 1 saturated heterocycles. The van der Waals surface area contributed by atoms with Crippen LogP contribution in [0.2, 0.25) is 0 Å². The maximum absolute atomic E-state index is 3.81. The summed E-state index contributed by atoms with van der Waals surface area (Å²) >= 11 is 0. The molecule has 1 fully saturated rings. The van der Waals surface area contributed by atoms with Crippen molar-refractivity contribution in [2.45, 2.75) is 38.8 Å². The first-order valence-electron chi connectivity index (χ1n) is 7.13. The first-order valence-corrected chi connectivity index (χ1v) is 7.13. The van der Waals surface area contributed by atoms with Crippen molar-refractivity contribution in [3.8, 4) is 0 Å². The Hall–Kier alpha value is -0.860. The summed E-state index contributed by atoms with van der Waals surface area (Å²) < 4.78 is 0. The van der Waals surface area contributed by atoms with Crippen LogP contribution in [0.15, 0.2) is 30.3 Å². The third-order valence-electron chi connectivity index (χ3n) is 3.99. The molecular formula is C16H26N2. The average Bonchev–Trinajstić information content (AvgIpc) is 2.34. The van der Waals surface area contributed by atoms with E-state index >= 15 is 0 Å². The second-order valence-corrected chi connectivity index (χ2v) is 5.89. The number of likely N-dealkylation sites (tertiary alicyclic amines) is 1. The van der Waals surface area contributed by atoms with Crippen molar-refractivity contribution >= 4 is 0 Å². The van der Waals surface area contributed by atoms with Crippen LogP contribution in [0.1, 0.15) is 25.8 Å². The zero-order chi connectivity index (χ0) is 13.0. The zero-order valence-corrected chi connectivity index (χ0v) is 11.9. The molecule has 1 aliphatic rings. The van der Waals surface area contributed by atoms with Crippen molar-refractivity contribution in [1.29, 1.82) is 0 Å². The van der Waals surface area contributed by atoms with E-state index in [1.54, 1.807) is 0 Å². The maximum atomic E-state index is 3.81. The second-order valence-electron chi connectivity index (χ2n) is 5.89. The first kappa shape index (κ1) is 13.6. The van der Waals surface area contributed by atoms with E-state index in [2.05, 4.69) is 61.4 Å². The molecule has 1 aromatic rings. The van der Waals surface area contributed by atoms with Gasteiger partial charge in [0.05, 0.1) is 0 Å². The summed E-state index contributed by atoms with van der Waals surface area (Å²) in [4.78, 5) is 2.44. The summed E-state index contributed by atoms with van der Waals surface area (Å²) in [6.07, 6.45) is 2.40. The highest BCUT2D eigenvalue weighted by Gasteiger charge is 2.24. The fourth-order valence-corrected chi connectivity index (χ4v) is 2.99. The molecule has 2 heteroatoms. The van der Waals surface area contributed by atoms with Gasteiger partial charge in [0.15, 0.2) is 0 Å². The minimum atomic E-state index is 0.559.